The van der Waals surface area contributed by atoms with Gasteiger partial charge in [0, 0.05) is 17.8 Å². The van der Waals surface area contributed by atoms with Gasteiger partial charge in [-0.15, -0.1) is 6.58 Å². The Hall–Kier alpha value is -3.89. The number of thiazole rings is 1. The van der Waals surface area contributed by atoms with Gasteiger partial charge >= 0.3 is 0 Å². The third-order valence-corrected chi connectivity index (χ3v) is 7.63. The van der Waals surface area contributed by atoms with Gasteiger partial charge in [-0.1, -0.05) is 35.6 Å². The topological polar surface area (TPSA) is 99.0 Å². The molecule has 0 bridgehead atoms. The van der Waals surface area contributed by atoms with Gasteiger partial charge in [-0.05, 0) is 48.5 Å². The summed E-state index contributed by atoms with van der Waals surface area (Å²) < 4.78 is 41.2. The number of rotatable bonds is 8. The van der Waals surface area contributed by atoms with Gasteiger partial charge in [0.15, 0.2) is 4.80 Å². The average Bonchev–Trinajstić information content (AvgIpc) is 3.22. The number of carbonyl (C=O) groups is 1. The van der Waals surface area contributed by atoms with Crippen LogP contribution in [0.1, 0.15) is 10.4 Å². The maximum Gasteiger partial charge on any atom is 0.279 e. The van der Waals surface area contributed by atoms with E-state index in [1.54, 1.807) is 50.6 Å². The van der Waals surface area contributed by atoms with E-state index in [0.29, 0.717) is 34.1 Å². The van der Waals surface area contributed by atoms with E-state index in [-0.39, 0.29) is 4.90 Å². The van der Waals surface area contributed by atoms with Crippen molar-refractivity contribution in [3.63, 3.8) is 0 Å². The Bertz CT molecular complexity index is 1550. The molecule has 0 aliphatic heterocycles. The highest BCUT2D eigenvalue weighted by Crippen LogP contribution is 2.35. The van der Waals surface area contributed by atoms with E-state index in [2.05, 4.69) is 16.3 Å². The van der Waals surface area contributed by atoms with Crippen molar-refractivity contribution >= 4 is 43.2 Å². The van der Waals surface area contributed by atoms with Gasteiger partial charge in [0.2, 0.25) is 0 Å². The minimum atomic E-state index is -3.73. The molecule has 1 N–H and O–H groups in total. The van der Waals surface area contributed by atoms with Crippen LogP contribution in [0.15, 0.2) is 89.3 Å². The zero-order valence-electron chi connectivity index (χ0n) is 19.1. The summed E-state index contributed by atoms with van der Waals surface area (Å²) in [6.07, 6.45) is 1.71. The predicted octanol–water partition coefficient (Wildman–Crippen LogP) is 4.45. The molecular weight excluding hydrogens is 486 g/mol. The normalized spacial score (nSPS) is 11.9. The molecule has 0 saturated carbocycles. The number of amides is 1. The Morgan fingerprint density at radius 3 is 2.31 bits per heavy atom. The molecule has 1 heterocycles. The summed E-state index contributed by atoms with van der Waals surface area (Å²) in [5, 5.41) is 0. The van der Waals surface area contributed by atoms with Crippen molar-refractivity contribution in [2.45, 2.75) is 11.4 Å². The standard InChI is InChI=1S/C25H23N3O5S2/c1-4-16-28-22-20(32-2)14-15-21(33-3)23(22)34-25(28)26-24(29)17-10-12-18(13-11-17)27-35(30,31)19-8-6-5-7-9-19/h4-15,27H,1,16H2,2-3H3. The van der Waals surface area contributed by atoms with Crippen LogP contribution in [0.5, 0.6) is 11.5 Å². The third kappa shape index (κ3) is 4.98. The number of sulfonamides is 1. The molecule has 180 valence electrons. The Balaban J connectivity index is 1.68. The molecule has 0 aliphatic rings. The molecule has 4 rings (SSSR count). The SMILES string of the molecule is C=CCn1c(=NC(=O)c2ccc(NS(=O)(=O)c3ccccc3)cc2)sc2c(OC)ccc(OC)c21. The van der Waals surface area contributed by atoms with Crippen LogP contribution in [0.2, 0.25) is 0 Å². The molecule has 3 aromatic carbocycles. The highest BCUT2D eigenvalue weighted by molar-refractivity contribution is 7.92. The van der Waals surface area contributed by atoms with Crippen molar-refractivity contribution < 1.29 is 22.7 Å². The van der Waals surface area contributed by atoms with E-state index in [9.17, 15) is 13.2 Å². The summed E-state index contributed by atoms with van der Waals surface area (Å²) in [6, 6.07) is 17.8. The van der Waals surface area contributed by atoms with Crippen LogP contribution in [-0.2, 0) is 16.6 Å². The van der Waals surface area contributed by atoms with Gasteiger partial charge in [0.1, 0.15) is 21.7 Å². The van der Waals surface area contributed by atoms with Gasteiger partial charge in [-0.3, -0.25) is 9.52 Å². The molecule has 0 spiro atoms. The van der Waals surface area contributed by atoms with Crippen LogP contribution >= 0.6 is 11.3 Å². The summed E-state index contributed by atoms with van der Waals surface area (Å²) >= 11 is 1.31. The lowest BCUT2D eigenvalue weighted by Gasteiger charge is -2.09. The molecule has 35 heavy (non-hydrogen) atoms. The Kier molecular flexibility index (Phi) is 7.04. The first kappa shape index (κ1) is 24.2. The van der Waals surface area contributed by atoms with Crippen LogP contribution < -0.4 is 19.0 Å². The molecule has 1 aromatic heterocycles. The molecule has 0 radical (unpaired) electrons. The number of ether oxygens (including phenoxy) is 2. The highest BCUT2D eigenvalue weighted by atomic mass is 32.2. The van der Waals surface area contributed by atoms with Crippen molar-refractivity contribution in [1.29, 1.82) is 0 Å². The predicted molar refractivity (Wildman–Crippen MR) is 137 cm³/mol. The summed E-state index contributed by atoms with van der Waals surface area (Å²) in [6.45, 7) is 4.22. The number of carbonyl (C=O) groups excluding carboxylic acids is 1. The number of benzene rings is 3. The number of nitrogens with zero attached hydrogens (tertiary/aromatic N) is 2. The summed E-state index contributed by atoms with van der Waals surface area (Å²) in [5.74, 6) is 0.806. The van der Waals surface area contributed by atoms with Crippen LogP contribution in [0.3, 0.4) is 0 Å². The number of anilines is 1. The van der Waals surface area contributed by atoms with Crippen molar-refractivity contribution in [3.05, 3.63) is 89.7 Å². The molecular formula is C25H23N3O5S2. The third-order valence-electron chi connectivity index (χ3n) is 5.14. The minimum absolute atomic E-state index is 0.151. The smallest absolute Gasteiger partial charge is 0.279 e. The Labute approximate surface area is 206 Å². The van der Waals surface area contributed by atoms with E-state index >= 15 is 0 Å². The van der Waals surface area contributed by atoms with Crippen LogP contribution in [-0.4, -0.2) is 33.1 Å². The summed E-state index contributed by atoms with van der Waals surface area (Å²) in [4.78, 5) is 17.9. The van der Waals surface area contributed by atoms with Crippen molar-refractivity contribution in [3.8, 4) is 11.5 Å². The zero-order chi connectivity index (χ0) is 25.0. The van der Waals surface area contributed by atoms with E-state index in [4.69, 9.17) is 9.47 Å². The minimum Gasteiger partial charge on any atom is -0.495 e. The molecule has 0 unspecified atom stereocenters. The number of fused-ring (bicyclic) bond motifs is 1. The monoisotopic (exact) mass is 509 g/mol. The molecule has 10 heteroatoms. The van der Waals surface area contributed by atoms with Crippen LogP contribution in [0.4, 0.5) is 5.69 Å². The zero-order valence-corrected chi connectivity index (χ0v) is 20.7. The number of hydrogen-bond donors (Lipinski definition) is 1. The quantitative estimate of drug-likeness (QED) is 0.354. The second-order valence-corrected chi connectivity index (χ2v) is 10.0. The maximum atomic E-state index is 13.0. The summed E-state index contributed by atoms with van der Waals surface area (Å²) in [5.41, 5.74) is 1.41. The first-order valence-electron chi connectivity index (χ1n) is 10.5. The molecule has 0 saturated heterocycles. The molecule has 8 nitrogen and oxygen atoms in total. The molecule has 0 fully saturated rings. The number of aromatic nitrogens is 1. The van der Waals surface area contributed by atoms with Gasteiger partial charge in [-0.25, -0.2) is 8.42 Å². The van der Waals surface area contributed by atoms with Crippen molar-refractivity contribution in [1.82, 2.24) is 4.57 Å². The van der Waals surface area contributed by atoms with Gasteiger partial charge in [0.05, 0.1) is 19.1 Å². The maximum absolute atomic E-state index is 13.0. The number of methoxy groups -OCH3 is 2. The van der Waals surface area contributed by atoms with Gasteiger partial charge < -0.3 is 14.0 Å². The molecule has 4 aromatic rings. The molecule has 0 atom stereocenters. The number of allylic oxidation sites excluding steroid dienone is 1. The van der Waals surface area contributed by atoms with E-state index in [1.165, 1.54) is 47.7 Å². The lowest BCUT2D eigenvalue weighted by molar-refractivity contribution is 0.0998. The average molecular weight is 510 g/mol. The van der Waals surface area contributed by atoms with Crippen LogP contribution in [0.25, 0.3) is 10.2 Å². The second kappa shape index (κ2) is 10.2. The summed E-state index contributed by atoms with van der Waals surface area (Å²) in [7, 11) is -0.574. The van der Waals surface area contributed by atoms with Crippen LogP contribution in [0, 0.1) is 0 Å². The first-order valence-corrected chi connectivity index (χ1v) is 12.8. The highest BCUT2D eigenvalue weighted by Gasteiger charge is 2.17. The molecule has 0 aliphatic carbocycles. The fourth-order valence-corrected chi connectivity index (χ4v) is 5.71. The van der Waals surface area contributed by atoms with E-state index < -0.39 is 15.9 Å². The Morgan fingerprint density at radius 1 is 1.03 bits per heavy atom. The molecule has 1 amide bonds. The fraction of sp³-hybridized carbons (Fsp3) is 0.120. The Morgan fingerprint density at radius 2 is 1.69 bits per heavy atom. The van der Waals surface area contributed by atoms with Crippen molar-refractivity contribution in [2.24, 2.45) is 4.99 Å². The fourth-order valence-electron chi connectivity index (χ4n) is 3.48. The van der Waals surface area contributed by atoms with E-state index in [0.717, 1.165) is 10.2 Å². The lowest BCUT2D eigenvalue weighted by Crippen LogP contribution is -2.16. The second-order valence-electron chi connectivity index (χ2n) is 7.34. The first-order chi connectivity index (χ1) is 16.9. The van der Waals surface area contributed by atoms with Gasteiger partial charge in [-0.2, -0.15) is 4.99 Å². The largest absolute Gasteiger partial charge is 0.495 e. The van der Waals surface area contributed by atoms with E-state index in [1.807, 2.05) is 4.57 Å². The number of nitrogens with one attached hydrogen (secondary N) is 1. The lowest BCUT2D eigenvalue weighted by atomic mass is 10.2. The van der Waals surface area contributed by atoms with Gasteiger partial charge in [0.25, 0.3) is 15.9 Å². The van der Waals surface area contributed by atoms with Crippen molar-refractivity contribution in [2.75, 3.05) is 18.9 Å². The number of hydrogen-bond acceptors (Lipinski definition) is 6.